The van der Waals surface area contributed by atoms with Gasteiger partial charge in [-0.3, -0.25) is 4.90 Å². The van der Waals surface area contributed by atoms with Crippen LogP contribution >= 0.6 is 11.8 Å². The number of rotatable bonds is 2. The predicted molar refractivity (Wildman–Crippen MR) is 72.9 cm³/mol. The van der Waals surface area contributed by atoms with Crippen molar-refractivity contribution in [1.29, 1.82) is 0 Å². The van der Waals surface area contributed by atoms with Gasteiger partial charge >= 0.3 is 0 Å². The van der Waals surface area contributed by atoms with Gasteiger partial charge in [0.05, 0.1) is 0 Å². The fourth-order valence-electron chi connectivity index (χ4n) is 3.20. The third-order valence-electron chi connectivity index (χ3n) is 4.38. The molecule has 4 atom stereocenters. The Morgan fingerprint density at radius 1 is 1.38 bits per heavy atom. The normalized spacial score (nSPS) is 42.2. The van der Waals surface area contributed by atoms with Crippen molar-refractivity contribution in [2.24, 2.45) is 11.7 Å². The van der Waals surface area contributed by atoms with Crippen molar-refractivity contribution in [1.82, 2.24) is 4.90 Å². The van der Waals surface area contributed by atoms with Gasteiger partial charge in [0.1, 0.15) is 0 Å². The topological polar surface area (TPSA) is 29.3 Å². The minimum Gasteiger partial charge on any atom is -0.327 e. The molecule has 0 radical (unpaired) electrons. The molecule has 16 heavy (non-hydrogen) atoms. The van der Waals surface area contributed by atoms with Gasteiger partial charge in [0, 0.05) is 23.9 Å². The average molecular weight is 242 g/mol. The maximum Gasteiger partial charge on any atom is 0.0212 e. The number of likely N-dealkylation sites (tertiary alicyclic amines) is 1. The monoisotopic (exact) mass is 242 g/mol. The van der Waals surface area contributed by atoms with Crippen molar-refractivity contribution in [2.45, 2.75) is 56.9 Å². The molecule has 0 amide bonds. The van der Waals surface area contributed by atoms with Crippen molar-refractivity contribution in [3.8, 4) is 0 Å². The molecule has 0 spiro atoms. The van der Waals surface area contributed by atoms with Crippen molar-refractivity contribution in [3.63, 3.8) is 0 Å². The first-order valence-electron chi connectivity index (χ1n) is 6.83. The molecule has 0 aromatic heterocycles. The first-order chi connectivity index (χ1) is 7.72. The van der Waals surface area contributed by atoms with Gasteiger partial charge in [0.15, 0.2) is 0 Å². The fourth-order valence-corrected chi connectivity index (χ4v) is 4.43. The minimum absolute atomic E-state index is 0.452. The number of thioether (sulfide) groups is 1. The van der Waals surface area contributed by atoms with E-state index in [9.17, 15) is 0 Å². The summed E-state index contributed by atoms with van der Waals surface area (Å²) in [6.07, 6.45) is 5.25. The zero-order valence-electron chi connectivity index (χ0n) is 10.7. The molecule has 0 saturated carbocycles. The highest BCUT2D eigenvalue weighted by Gasteiger charge is 2.33. The molecule has 0 aromatic rings. The Morgan fingerprint density at radius 3 is 2.88 bits per heavy atom. The quantitative estimate of drug-likeness (QED) is 0.806. The van der Waals surface area contributed by atoms with Gasteiger partial charge in [-0.25, -0.2) is 0 Å². The molecule has 2 fully saturated rings. The van der Waals surface area contributed by atoms with Crippen LogP contribution in [0.15, 0.2) is 0 Å². The lowest BCUT2D eigenvalue weighted by molar-refractivity contribution is 0.0997. The van der Waals surface area contributed by atoms with E-state index in [0.717, 1.165) is 17.2 Å². The van der Waals surface area contributed by atoms with Crippen LogP contribution in [0.25, 0.3) is 0 Å². The summed E-state index contributed by atoms with van der Waals surface area (Å²) in [4.78, 5) is 2.73. The van der Waals surface area contributed by atoms with Crippen LogP contribution in [-0.4, -0.2) is 41.1 Å². The van der Waals surface area contributed by atoms with Crippen LogP contribution in [0.5, 0.6) is 0 Å². The predicted octanol–water partition coefficient (Wildman–Crippen LogP) is 2.33. The van der Waals surface area contributed by atoms with Crippen molar-refractivity contribution in [3.05, 3.63) is 0 Å². The third kappa shape index (κ3) is 2.74. The Hall–Kier alpha value is 0.270. The van der Waals surface area contributed by atoms with E-state index in [4.69, 9.17) is 5.73 Å². The molecule has 0 bridgehead atoms. The standard InChI is InChI=1S/C13H26N2S/c1-3-11-9-15(7-6-12(11)14)13-5-4-8-16-10(13)2/h10-13H,3-9,14H2,1-2H3. The molecule has 2 saturated heterocycles. The van der Waals surface area contributed by atoms with Crippen LogP contribution in [0, 0.1) is 5.92 Å². The summed E-state index contributed by atoms with van der Waals surface area (Å²) < 4.78 is 0. The molecule has 4 unspecified atom stereocenters. The summed E-state index contributed by atoms with van der Waals surface area (Å²) in [7, 11) is 0. The summed E-state index contributed by atoms with van der Waals surface area (Å²) >= 11 is 2.16. The van der Waals surface area contributed by atoms with Crippen LogP contribution in [0.4, 0.5) is 0 Å². The Kier molecular flexibility index (Phi) is 4.57. The average Bonchev–Trinajstić information content (AvgIpc) is 2.31. The van der Waals surface area contributed by atoms with Crippen LogP contribution in [0.1, 0.15) is 39.5 Å². The van der Waals surface area contributed by atoms with Crippen LogP contribution in [-0.2, 0) is 0 Å². The van der Waals surface area contributed by atoms with Crippen molar-refractivity contribution in [2.75, 3.05) is 18.8 Å². The van der Waals surface area contributed by atoms with E-state index < -0.39 is 0 Å². The molecule has 0 aromatic carbocycles. The van der Waals surface area contributed by atoms with E-state index in [1.165, 1.54) is 44.5 Å². The van der Waals surface area contributed by atoms with Crippen LogP contribution < -0.4 is 5.73 Å². The van der Waals surface area contributed by atoms with E-state index in [1.807, 2.05) is 0 Å². The molecule has 2 heterocycles. The smallest absolute Gasteiger partial charge is 0.0212 e. The molecule has 2 aliphatic rings. The summed E-state index contributed by atoms with van der Waals surface area (Å²) in [6, 6.07) is 1.27. The largest absolute Gasteiger partial charge is 0.327 e. The van der Waals surface area contributed by atoms with Gasteiger partial charge in [0.25, 0.3) is 0 Å². The molecule has 0 aliphatic carbocycles. The van der Waals surface area contributed by atoms with E-state index >= 15 is 0 Å². The summed E-state index contributed by atoms with van der Waals surface area (Å²) in [5.41, 5.74) is 6.18. The van der Waals surface area contributed by atoms with Gasteiger partial charge in [-0.05, 0) is 37.5 Å². The Balaban J connectivity index is 1.93. The van der Waals surface area contributed by atoms with Gasteiger partial charge in [0.2, 0.25) is 0 Å². The first kappa shape index (κ1) is 12.7. The Labute approximate surface area is 104 Å². The first-order valence-corrected chi connectivity index (χ1v) is 7.88. The molecule has 2 nitrogen and oxygen atoms in total. The van der Waals surface area contributed by atoms with E-state index in [-0.39, 0.29) is 0 Å². The van der Waals surface area contributed by atoms with Crippen LogP contribution in [0.2, 0.25) is 0 Å². The van der Waals surface area contributed by atoms with E-state index in [0.29, 0.717) is 6.04 Å². The number of nitrogens with zero attached hydrogens (tertiary/aromatic N) is 1. The molecule has 2 rings (SSSR count). The van der Waals surface area contributed by atoms with Crippen LogP contribution in [0.3, 0.4) is 0 Å². The minimum atomic E-state index is 0.452. The molecule has 2 N–H and O–H groups in total. The third-order valence-corrected chi connectivity index (χ3v) is 5.75. The van der Waals surface area contributed by atoms with E-state index in [2.05, 4.69) is 30.5 Å². The number of piperidine rings is 1. The second-order valence-corrected chi connectivity index (χ2v) is 6.89. The molecular formula is C13H26N2S. The summed E-state index contributed by atoms with van der Waals surface area (Å²) in [5.74, 6) is 2.09. The lowest BCUT2D eigenvalue weighted by atomic mass is 9.89. The highest BCUT2D eigenvalue weighted by molar-refractivity contribution is 7.99. The summed E-state index contributed by atoms with van der Waals surface area (Å²) in [5, 5.41) is 0.820. The highest BCUT2D eigenvalue weighted by Crippen LogP contribution is 2.31. The van der Waals surface area contributed by atoms with Crippen molar-refractivity contribution >= 4 is 11.8 Å². The molecule has 2 aliphatic heterocycles. The van der Waals surface area contributed by atoms with Gasteiger partial charge in [-0.2, -0.15) is 11.8 Å². The highest BCUT2D eigenvalue weighted by atomic mass is 32.2. The van der Waals surface area contributed by atoms with Gasteiger partial charge < -0.3 is 5.73 Å². The van der Waals surface area contributed by atoms with Gasteiger partial charge in [-0.1, -0.05) is 20.3 Å². The molecule has 3 heteroatoms. The maximum absolute atomic E-state index is 6.18. The molecule has 94 valence electrons. The number of hydrogen-bond acceptors (Lipinski definition) is 3. The van der Waals surface area contributed by atoms with E-state index in [1.54, 1.807) is 0 Å². The number of hydrogen-bond donors (Lipinski definition) is 1. The Bertz CT molecular complexity index is 222. The zero-order valence-corrected chi connectivity index (χ0v) is 11.5. The fraction of sp³-hybridized carbons (Fsp3) is 1.00. The lowest BCUT2D eigenvalue weighted by Crippen LogP contribution is -2.53. The van der Waals surface area contributed by atoms with Gasteiger partial charge in [-0.15, -0.1) is 0 Å². The SMILES string of the molecule is CCC1CN(C2CCCSC2C)CCC1N. The second-order valence-electron chi connectivity index (χ2n) is 5.40. The summed E-state index contributed by atoms with van der Waals surface area (Å²) in [6.45, 7) is 7.16. The maximum atomic E-state index is 6.18. The van der Waals surface area contributed by atoms with Crippen molar-refractivity contribution < 1.29 is 0 Å². The lowest BCUT2D eigenvalue weighted by Gasteiger charge is -2.44. The number of nitrogens with two attached hydrogens (primary N) is 1. The Morgan fingerprint density at radius 2 is 2.19 bits per heavy atom. The zero-order chi connectivity index (χ0) is 11.5. The second kappa shape index (κ2) is 5.74. The molecular weight excluding hydrogens is 216 g/mol.